The van der Waals surface area contributed by atoms with E-state index in [1.807, 2.05) is 12.2 Å². The van der Waals surface area contributed by atoms with E-state index in [0.717, 1.165) is 51.4 Å². The predicted octanol–water partition coefficient (Wildman–Crippen LogP) is 8.95. The zero-order valence-corrected chi connectivity index (χ0v) is 36.9. The molecule has 1 saturated heterocycles. The number of rotatable bonds is 36. The van der Waals surface area contributed by atoms with Crippen LogP contribution >= 0.6 is 0 Å². The maximum absolute atomic E-state index is 12.8. The SMILES string of the molecule is CCCCC/C=C/C/C=C/C/C=C/C/C=C/C/C=C/CCC(=O)OC[C@H](CO[C@H]1O[C@H](CS(=O)(=O)O)[C@@H](O)C(O)C1O)OC(=O)CCCCCCCCCCCCCC. The first kappa shape index (κ1) is 54.4. The molecule has 0 aromatic rings. The Bertz CT molecular complexity index is 1320. The van der Waals surface area contributed by atoms with Crippen molar-refractivity contribution in [3.63, 3.8) is 0 Å². The number of hydrogen-bond donors (Lipinski definition) is 4. The standard InChI is InChI=1S/C46H78O12S/c1-3-5-7-9-11-13-15-17-18-19-20-21-22-23-25-26-28-30-32-34-41(47)55-36-39(37-56-46-45(51)44(50)43(49)40(58-46)38-59(52,53)54)57-42(48)35-33-31-29-27-24-16-14-12-10-8-6-4-2/h11,13,17-18,20-21,23,25,28,30,39-40,43-46,49-51H,3-10,12,14-16,19,22,24,26-27,29,31-38H2,1-2H3,(H,52,53,54)/b13-11+,18-17+,21-20+,25-23+,30-28+/t39-,40-,43-,44?,45?,46+/m1/s1. The largest absolute Gasteiger partial charge is 0.462 e. The van der Waals surface area contributed by atoms with Crippen LogP contribution in [0.3, 0.4) is 0 Å². The van der Waals surface area contributed by atoms with E-state index < -0.39 is 71.2 Å². The van der Waals surface area contributed by atoms with Crippen LogP contribution in [-0.2, 0) is 38.7 Å². The fraction of sp³-hybridized carbons (Fsp3) is 0.739. The van der Waals surface area contributed by atoms with Crippen molar-refractivity contribution in [3.8, 4) is 0 Å². The molecule has 0 saturated carbocycles. The Morgan fingerprint density at radius 1 is 0.576 bits per heavy atom. The average molecular weight is 855 g/mol. The first-order valence-corrected chi connectivity index (χ1v) is 24.0. The number of hydrogen-bond acceptors (Lipinski definition) is 11. The minimum absolute atomic E-state index is 0.0946. The van der Waals surface area contributed by atoms with Crippen LogP contribution in [0.5, 0.6) is 0 Å². The molecule has 0 radical (unpaired) electrons. The smallest absolute Gasteiger partial charge is 0.306 e. The average Bonchev–Trinajstić information content (AvgIpc) is 3.20. The van der Waals surface area contributed by atoms with Crippen molar-refractivity contribution in [2.24, 2.45) is 0 Å². The quantitative estimate of drug-likeness (QED) is 0.0203. The Morgan fingerprint density at radius 3 is 1.58 bits per heavy atom. The van der Waals surface area contributed by atoms with Crippen molar-refractivity contribution in [1.29, 1.82) is 0 Å². The van der Waals surface area contributed by atoms with Crippen molar-refractivity contribution < 1.29 is 56.8 Å². The number of esters is 2. The normalized spacial score (nSPS) is 20.8. The highest BCUT2D eigenvalue weighted by molar-refractivity contribution is 7.85. The molecular weight excluding hydrogens is 777 g/mol. The molecule has 0 amide bonds. The molecule has 1 aliphatic heterocycles. The minimum atomic E-state index is -4.61. The van der Waals surface area contributed by atoms with Crippen molar-refractivity contribution in [2.45, 2.75) is 198 Å². The summed E-state index contributed by atoms with van der Waals surface area (Å²) in [6.07, 6.45) is 34.2. The van der Waals surface area contributed by atoms with Crippen LogP contribution in [0, 0.1) is 0 Å². The Labute approximate surface area is 355 Å². The molecule has 0 aromatic heterocycles. The van der Waals surface area contributed by atoms with Gasteiger partial charge in [-0.25, -0.2) is 0 Å². The fourth-order valence-electron chi connectivity index (χ4n) is 6.36. The molecule has 12 nitrogen and oxygen atoms in total. The summed E-state index contributed by atoms with van der Waals surface area (Å²) in [6.45, 7) is 3.65. The van der Waals surface area contributed by atoms with Gasteiger partial charge in [-0.05, 0) is 51.4 Å². The van der Waals surface area contributed by atoms with Gasteiger partial charge in [0.25, 0.3) is 10.1 Å². The number of unbranched alkanes of at least 4 members (excludes halogenated alkanes) is 14. The summed E-state index contributed by atoms with van der Waals surface area (Å²) in [5.74, 6) is -2.09. The molecule has 0 aliphatic carbocycles. The van der Waals surface area contributed by atoms with Gasteiger partial charge in [-0.2, -0.15) is 8.42 Å². The number of carbonyl (C=O) groups is 2. The fourth-order valence-corrected chi connectivity index (χ4v) is 7.06. The molecule has 0 spiro atoms. The first-order chi connectivity index (χ1) is 28.5. The van der Waals surface area contributed by atoms with Gasteiger partial charge in [0.05, 0.1) is 6.61 Å². The van der Waals surface area contributed by atoms with Gasteiger partial charge in [0.2, 0.25) is 0 Å². The highest BCUT2D eigenvalue weighted by Crippen LogP contribution is 2.24. The summed E-state index contributed by atoms with van der Waals surface area (Å²) in [4.78, 5) is 25.3. The summed E-state index contributed by atoms with van der Waals surface area (Å²) in [7, 11) is -4.61. The molecule has 340 valence electrons. The monoisotopic (exact) mass is 855 g/mol. The van der Waals surface area contributed by atoms with Crippen molar-refractivity contribution in [2.75, 3.05) is 19.0 Å². The van der Waals surface area contributed by atoms with E-state index in [1.165, 1.54) is 70.6 Å². The Balaban J connectivity index is 2.50. The lowest BCUT2D eigenvalue weighted by atomic mass is 10.00. The molecule has 6 atom stereocenters. The first-order valence-electron chi connectivity index (χ1n) is 22.3. The van der Waals surface area contributed by atoms with Crippen LogP contribution in [0.4, 0.5) is 0 Å². The number of allylic oxidation sites excluding steroid dienone is 10. The highest BCUT2D eigenvalue weighted by atomic mass is 32.2. The van der Waals surface area contributed by atoms with E-state index in [9.17, 15) is 37.9 Å². The third-order valence-electron chi connectivity index (χ3n) is 9.86. The summed E-state index contributed by atoms with van der Waals surface area (Å²) in [6, 6.07) is 0. The van der Waals surface area contributed by atoms with E-state index in [1.54, 1.807) is 0 Å². The van der Waals surface area contributed by atoms with Gasteiger partial charge in [-0.3, -0.25) is 14.1 Å². The van der Waals surface area contributed by atoms with E-state index in [2.05, 4.69) is 62.5 Å². The van der Waals surface area contributed by atoms with Gasteiger partial charge in [-0.1, -0.05) is 158 Å². The molecule has 0 bridgehead atoms. The summed E-state index contributed by atoms with van der Waals surface area (Å²) >= 11 is 0. The number of carbonyl (C=O) groups excluding carboxylic acids is 2. The van der Waals surface area contributed by atoms with Crippen molar-refractivity contribution in [3.05, 3.63) is 60.8 Å². The molecule has 59 heavy (non-hydrogen) atoms. The van der Waals surface area contributed by atoms with Gasteiger partial charge in [0.1, 0.15) is 36.8 Å². The molecule has 1 fully saturated rings. The van der Waals surface area contributed by atoms with Crippen LogP contribution < -0.4 is 0 Å². The van der Waals surface area contributed by atoms with Crippen LogP contribution in [0.1, 0.15) is 162 Å². The zero-order chi connectivity index (χ0) is 43.4. The Hall–Kier alpha value is -2.65. The number of aliphatic hydroxyl groups excluding tert-OH is 3. The second-order valence-corrected chi connectivity index (χ2v) is 16.9. The third-order valence-corrected chi connectivity index (χ3v) is 10.6. The predicted molar refractivity (Wildman–Crippen MR) is 233 cm³/mol. The van der Waals surface area contributed by atoms with E-state index >= 15 is 0 Å². The summed E-state index contributed by atoms with van der Waals surface area (Å²) < 4.78 is 53.9. The van der Waals surface area contributed by atoms with Gasteiger partial charge in [-0.15, -0.1) is 0 Å². The third kappa shape index (κ3) is 30.9. The zero-order valence-electron chi connectivity index (χ0n) is 36.1. The topological polar surface area (TPSA) is 186 Å². The summed E-state index contributed by atoms with van der Waals surface area (Å²) in [5, 5.41) is 30.8. The summed E-state index contributed by atoms with van der Waals surface area (Å²) in [5.41, 5.74) is 0. The maximum atomic E-state index is 12.8. The van der Waals surface area contributed by atoms with E-state index in [4.69, 9.17) is 18.9 Å². The van der Waals surface area contributed by atoms with Gasteiger partial charge in [0.15, 0.2) is 12.4 Å². The second-order valence-electron chi connectivity index (χ2n) is 15.4. The molecule has 1 rings (SSSR count). The van der Waals surface area contributed by atoms with Gasteiger partial charge >= 0.3 is 11.9 Å². The molecular formula is C46H78O12S. The molecule has 4 N–H and O–H groups in total. The van der Waals surface area contributed by atoms with Gasteiger partial charge < -0.3 is 34.3 Å². The molecule has 1 aliphatic rings. The van der Waals surface area contributed by atoms with Crippen LogP contribution in [0.15, 0.2) is 60.8 Å². The lowest BCUT2D eigenvalue weighted by molar-refractivity contribution is -0.297. The lowest BCUT2D eigenvalue weighted by Gasteiger charge is -2.40. The van der Waals surface area contributed by atoms with Gasteiger partial charge in [0, 0.05) is 12.8 Å². The lowest BCUT2D eigenvalue weighted by Crippen LogP contribution is -2.60. The molecule has 2 unspecified atom stereocenters. The number of aliphatic hydroxyl groups is 3. The van der Waals surface area contributed by atoms with Crippen LogP contribution in [-0.4, -0.2) is 96.0 Å². The minimum Gasteiger partial charge on any atom is -0.462 e. The van der Waals surface area contributed by atoms with Crippen molar-refractivity contribution >= 4 is 22.1 Å². The second kappa shape index (κ2) is 36.0. The number of ether oxygens (including phenoxy) is 4. The van der Waals surface area contributed by atoms with Crippen LogP contribution in [0.25, 0.3) is 0 Å². The van der Waals surface area contributed by atoms with E-state index in [-0.39, 0.29) is 19.4 Å². The van der Waals surface area contributed by atoms with Crippen LogP contribution in [0.2, 0.25) is 0 Å². The Kier molecular flexibility index (Phi) is 33.2. The Morgan fingerprint density at radius 2 is 1.05 bits per heavy atom. The molecule has 0 aromatic carbocycles. The molecule has 13 heteroatoms. The molecule has 1 heterocycles. The van der Waals surface area contributed by atoms with Crippen molar-refractivity contribution in [1.82, 2.24) is 0 Å². The van der Waals surface area contributed by atoms with E-state index in [0.29, 0.717) is 12.8 Å². The highest BCUT2D eigenvalue weighted by Gasteiger charge is 2.46. The maximum Gasteiger partial charge on any atom is 0.306 e.